The first-order valence-corrected chi connectivity index (χ1v) is 11.1. The van der Waals surface area contributed by atoms with Gasteiger partial charge in [0.05, 0.1) is 28.2 Å². The molecule has 1 aliphatic carbocycles. The van der Waals surface area contributed by atoms with E-state index >= 15 is 0 Å². The van der Waals surface area contributed by atoms with Gasteiger partial charge in [-0.2, -0.15) is 0 Å². The van der Waals surface area contributed by atoms with E-state index in [1.807, 2.05) is 0 Å². The molecule has 0 radical (unpaired) electrons. The number of benzene rings is 1. The van der Waals surface area contributed by atoms with E-state index in [1.54, 1.807) is 23.1 Å². The van der Waals surface area contributed by atoms with Crippen LogP contribution in [0.15, 0.2) is 18.2 Å². The minimum Gasteiger partial charge on any atom is -0.397 e. The van der Waals surface area contributed by atoms with Crippen LogP contribution in [0, 0.1) is 0 Å². The summed E-state index contributed by atoms with van der Waals surface area (Å²) in [5.41, 5.74) is 12.3. The van der Waals surface area contributed by atoms with Crippen molar-refractivity contribution in [3.63, 3.8) is 0 Å². The fourth-order valence-corrected chi connectivity index (χ4v) is 4.75. The van der Waals surface area contributed by atoms with E-state index in [4.69, 9.17) is 16.6 Å². The molecule has 4 rings (SSSR count). The molecule has 2 heterocycles. The van der Waals surface area contributed by atoms with Gasteiger partial charge in [0, 0.05) is 19.0 Å². The van der Waals surface area contributed by atoms with E-state index in [9.17, 15) is 18.0 Å². The molecule has 28 heavy (non-hydrogen) atoms. The molecule has 1 saturated carbocycles. The average Bonchev–Trinajstić information content (AvgIpc) is 2.62. The van der Waals surface area contributed by atoms with Gasteiger partial charge in [-0.25, -0.2) is 13.6 Å². The summed E-state index contributed by atoms with van der Waals surface area (Å²) in [6, 6.07) is 5.13. The van der Waals surface area contributed by atoms with Gasteiger partial charge in [-0.15, -0.1) is 0 Å². The van der Waals surface area contributed by atoms with Crippen molar-refractivity contribution >= 4 is 33.2 Å². The van der Waals surface area contributed by atoms with Crippen LogP contribution in [-0.4, -0.2) is 49.0 Å². The highest BCUT2D eigenvalue weighted by Crippen LogP contribution is 2.39. The number of amides is 2. The number of nitrogen functional groups attached to an aromatic ring is 2. The number of carbonyl (C=O) groups excluding carboxylic acids is 2. The number of nitrogens with one attached hydrogen (secondary N) is 1. The average molecular weight is 410 g/mol. The Morgan fingerprint density at radius 3 is 2.54 bits per heavy atom. The SMILES string of the molecule is Nc1cccc(C(=O)N2CC3(NC(=O)CCCS(N)(=O)=O)CCC2CC3)c1N. The number of para-hydroxylation sites is 1. The Labute approximate surface area is 164 Å². The number of hydrogen-bond donors (Lipinski definition) is 4. The molecule has 0 atom stereocenters. The van der Waals surface area contributed by atoms with Crippen LogP contribution < -0.4 is 21.9 Å². The number of primary sulfonamides is 1. The maximum Gasteiger partial charge on any atom is 0.256 e. The van der Waals surface area contributed by atoms with Gasteiger partial charge in [0.15, 0.2) is 0 Å². The summed E-state index contributed by atoms with van der Waals surface area (Å²) >= 11 is 0. The minimum atomic E-state index is -3.58. The first-order valence-electron chi connectivity index (χ1n) is 9.37. The third kappa shape index (κ3) is 4.39. The number of sulfonamides is 1. The predicted octanol–water partition coefficient (Wildman–Crippen LogP) is 0.173. The van der Waals surface area contributed by atoms with E-state index in [0.717, 1.165) is 25.7 Å². The Morgan fingerprint density at radius 1 is 1.21 bits per heavy atom. The maximum absolute atomic E-state index is 13.1. The summed E-state index contributed by atoms with van der Waals surface area (Å²) < 4.78 is 22.0. The van der Waals surface area contributed by atoms with Crippen LogP contribution in [0.5, 0.6) is 0 Å². The Bertz CT molecular complexity index is 878. The number of rotatable bonds is 6. The molecular formula is C18H27N5O4S. The standard InChI is InChI=1S/C18H27N5O4S/c19-14-4-1-3-13(16(14)20)17(25)23-11-18(8-6-12(23)7-9-18)22-15(24)5-2-10-28(21,26)27/h1,3-4,12H,2,5-11,19-20H2,(H,22,24)(H2,21,26,27). The van der Waals surface area contributed by atoms with Gasteiger partial charge in [0.2, 0.25) is 15.9 Å². The van der Waals surface area contributed by atoms with Crippen molar-refractivity contribution in [1.82, 2.24) is 10.2 Å². The Balaban J connectivity index is 1.68. The van der Waals surface area contributed by atoms with E-state index in [1.165, 1.54) is 0 Å². The number of fused-ring (bicyclic) bond motifs is 3. The number of piperidine rings is 2. The smallest absolute Gasteiger partial charge is 0.256 e. The molecule has 2 aliphatic heterocycles. The zero-order valence-electron chi connectivity index (χ0n) is 15.7. The highest BCUT2D eigenvalue weighted by Gasteiger charge is 2.47. The molecule has 7 N–H and O–H groups in total. The molecule has 0 unspecified atom stereocenters. The van der Waals surface area contributed by atoms with Crippen LogP contribution >= 0.6 is 0 Å². The lowest BCUT2D eigenvalue weighted by atomic mass is 9.73. The highest BCUT2D eigenvalue weighted by atomic mass is 32.2. The number of anilines is 2. The fraction of sp³-hybridized carbons (Fsp3) is 0.556. The molecule has 2 saturated heterocycles. The molecule has 3 aliphatic rings. The number of carbonyl (C=O) groups is 2. The molecule has 10 heteroatoms. The topological polar surface area (TPSA) is 162 Å². The van der Waals surface area contributed by atoms with Gasteiger partial charge >= 0.3 is 0 Å². The number of nitrogens with two attached hydrogens (primary N) is 3. The molecule has 0 spiro atoms. The van der Waals surface area contributed by atoms with Crippen molar-refractivity contribution in [2.24, 2.45) is 5.14 Å². The Hall–Kier alpha value is -2.33. The van der Waals surface area contributed by atoms with Crippen LogP contribution in [0.3, 0.4) is 0 Å². The molecule has 0 aromatic heterocycles. The summed E-state index contributed by atoms with van der Waals surface area (Å²) in [7, 11) is -3.58. The van der Waals surface area contributed by atoms with Gasteiger partial charge in [-0.05, 0) is 44.2 Å². The molecule has 1 aromatic rings. The molecule has 3 fully saturated rings. The lowest BCUT2D eigenvalue weighted by Crippen LogP contribution is -2.66. The van der Waals surface area contributed by atoms with E-state index in [0.29, 0.717) is 17.8 Å². The van der Waals surface area contributed by atoms with E-state index in [2.05, 4.69) is 5.32 Å². The summed E-state index contributed by atoms with van der Waals surface area (Å²) in [5, 5.41) is 8.02. The zero-order chi connectivity index (χ0) is 20.5. The summed E-state index contributed by atoms with van der Waals surface area (Å²) in [6.45, 7) is 0.408. The Morgan fingerprint density at radius 2 is 1.89 bits per heavy atom. The van der Waals surface area contributed by atoms with Gasteiger partial charge in [0.1, 0.15) is 0 Å². The normalized spacial score (nSPS) is 24.2. The third-order valence-corrected chi connectivity index (χ3v) is 6.55. The molecule has 2 amide bonds. The Kier molecular flexibility index (Phi) is 5.53. The van der Waals surface area contributed by atoms with Gasteiger partial charge < -0.3 is 21.7 Å². The monoisotopic (exact) mass is 409 g/mol. The van der Waals surface area contributed by atoms with Crippen LogP contribution in [0.1, 0.15) is 48.9 Å². The van der Waals surface area contributed by atoms with Crippen LogP contribution in [0.25, 0.3) is 0 Å². The van der Waals surface area contributed by atoms with Gasteiger partial charge in [-0.1, -0.05) is 6.07 Å². The maximum atomic E-state index is 13.1. The molecule has 1 aromatic carbocycles. The lowest BCUT2D eigenvalue weighted by Gasteiger charge is -2.53. The summed E-state index contributed by atoms with van der Waals surface area (Å²) in [5.74, 6) is -0.628. The van der Waals surface area contributed by atoms with Crippen LogP contribution in [-0.2, 0) is 14.8 Å². The second-order valence-corrected chi connectivity index (χ2v) is 9.51. The molecule has 2 bridgehead atoms. The molecule has 9 nitrogen and oxygen atoms in total. The van der Waals surface area contributed by atoms with E-state index in [-0.39, 0.29) is 42.1 Å². The van der Waals surface area contributed by atoms with Crippen molar-refractivity contribution in [2.45, 2.75) is 50.1 Å². The second kappa shape index (κ2) is 7.59. The van der Waals surface area contributed by atoms with Crippen molar-refractivity contribution in [1.29, 1.82) is 0 Å². The largest absolute Gasteiger partial charge is 0.397 e. The summed E-state index contributed by atoms with van der Waals surface area (Å²) in [6.07, 6.45) is 3.42. The lowest BCUT2D eigenvalue weighted by molar-refractivity contribution is -0.125. The van der Waals surface area contributed by atoms with Gasteiger partial charge in [-0.3, -0.25) is 9.59 Å². The minimum absolute atomic E-state index is 0.0811. The fourth-order valence-electron chi connectivity index (χ4n) is 4.20. The second-order valence-electron chi connectivity index (χ2n) is 7.77. The predicted molar refractivity (Wildman–Crippen MR) is 107 cm³/mol. The first-order chi connectivity index (χ1) is 13.1. The third-order valence-electron chi connectivity index (χ3n) is 5.69. The first kappa shape index (κ1) is 20.4. The van der Waals surface area contributed by atoms with Crippen molar-refractivity contribution in [3.05, 3.63) is 23.8 Å². The van der Waals surface area contributed by atoms with Crippen LogP contribution in [0.2, 0.25) is 0 Å². The zero-order valence-corrected chi connectivity index (χ0v) is 16.5. The molecular weight excluding hydrogens is 382 g/mol. The van der Waals surface area contributed by atoms with Gasteiger partial charge in [0.25, 0.3) is 5.91 Å². The van der Waals surface area contributed by atoms with Crippen molar-refractivity contribution in [2.75, 3.05) is 23.8 Å². The molecule has 154 valence electrons. The van der Waals surface area contributed by atoms with E-state index < -0.39 is 15.6 Å². The number of nitrogens with zero attached hydrogens (tertiary/aromatic N) is 1. The highest BCUT2D eigenvalue weighted by molar-refractivity contribution is 7.89. The number of hydrogen-bond acceptors (Lipinski definition) is 6. The summed E-state index contributed by atoms with van der Waals surface area (Å²) in [4.78, 5) is 27.2. The van der Waals surface area contributed by atoms with Crippen LogP contribution in [0.4, 0.5) is 11.4 Å². The quantitative estimate of drug-likeness (QED) is 0.490. The van der Waals surface area contributed by atoms with Crippen molar-refractivity contribution in [3.8, 4) is 0 Å². The van der Waals surface area contributed by atoms with Crippen molar-refractivity contribution < 1.29 is 18.0 Å².